The van der Waals surface area contributed by atoms with Crippen molar-refractivity contribution in [1.29, 1.82) is 0 Å². The number of carbonyl (C=O) groups is 3. The van der Waals surface area contributed by atoms with Gasteiger partial charge in [0.05, 0.1) is 11.3 Å². The molecule has 2 aliphatic carbocycles. The zero-order chi connectivity index (χ0) is 23.3. The van der Waals surface area contributed by atoms with Crippen molar-refractivity contribution in [3.8, 4) is 11.1 Å². The van der Waals surface area contributed by atoms with Crippen LogP contribution in [0.5, 0.6) is 0 Å². The molecule has 2 aromatic carbocycles. The molecule has 2 atom stereocenters. The largest absolute Gasteiger partial charge is 0.481 e. The van der Waals surface area contributed by atoms with Crippen molar-refractivity contribution in [1.82, 2.24) is 10.2 Å². The number of carboxylic acid groups (broad SMARTS) is 1. The molecular formula is C26H28N2O5. The van der Waals surface area contributed by atoms with E-state index in [1.165, 1.54) is 11.1 Å². The minimum absolute atomic E-state index is 0.0173. The van der Waals surface area contributed by atoms with Crippen LogP contribution in [0.1, 0.15) is 30.9 Å². The number of rotatable bonds is 6. The zero-order valence-corrected chi connectivity index (χ0v) is 18.8. The number of carboxylic acids is 1. The molecule has 33 heavy (non-hydrogen) atoms. The van der Waals surface area contributed by atoms with Gasteiger partial charge in [-0.2, -0.15) is 0 Å². The van der Waals surface area contributed by atoms with Crippen LogP contribution in [-0.2, 0) is 14.3 Å². The molecule has 7 nitrogen and oxygen atoms in total. The van der Waals surface area contributed by atoms with Gasteiger partial charge in [0, 0.05) is 25.6 Å². The van der Waals surface area contributed by atoms with E-state index in [1.807, 2.05) is 24.3 Å². The fourth-order valence-electron chi connectivity index (χ4n) is 5.50. The van der Waals surface area contributed by atoms with E-state index in [0.717, 1.165) is 11.1 Å². The van der Waals surface area contributed by atoms with Gasteiger partial charge in [0.15, 0.2) is 0 Å². The van der Waals surface area contributed by atoms with Crippen LogP contribution in [0.3, 0.4) is 0 Å². The second-order valence-corrected chi connectivity index (χ2v) is 9.96. The number of fused-ring (bicyclic) bond motifs is 4. The van der Waals surface area contributed by atoms with E-state index in [4.69, 9.17) is 9.84 Å². The van der Waals surface area contributed by atoms with Crippen LogP contribution in [0.2, 0.25) is 0 Å². The first-order valence-electron chi connectivity index (χ1n) is 11.4. The van der Waals surface area contributed by atoms with Crippen molar-refractivity contribution in [2.24, 2.45) is 23.2 Å². The van der Waals surface area contributed by atoms with Crippen LogP contribution >= 0.6 is 0 Å². The predicted octanol–water partition coefficient (Wildman–Crippen LogP) is 3.34. The van der Waals surface area contributed by atoms with Gasteiger partial charge in [-0.3, -0.25) is 9.59 Å². The van der Waals surface area contributed by atoms with E-state index < -0.39 is 17.5 Å². The van der Waals surface area contributed by atoms with Crippen molar-refractivity contribution in [2.45, 2.75) is 19.8 Å². The number of nitrogens with one attached hydrogen (secondary N) is 1. The smallest absolute Gasteiger partial charge is 0.407 e. The molecule has 1 saturated carbocycles. The van der Waals surface area contributed by atoms with Crippen LogP contribution in [-0.4, -0.2) is 54.2 Å². The molecule has 5 rings (SSSR count). The Hall–Kier alpha value is -3.35. The maximum Gasteiger partial charge on any atom is 0.407 e. The van der Waals surface area contributed by atoms with Gasteiger partial charge in [0.1, 0.15) is 6.61 Å². The number of ether oxygens (including phenoxy) is 1. The Morgan fingerprint density at radius 1 is 1.00 bits per heavy atom. The molecule has 7 heteroatoms. The van der Waals surface area contributed by atoms with E-state index in [0.29, 0.717) is 13.1 Å². The zero-order valence-electron chi connectivity index (χ0n) is 18.8. The molecule has 1 saturated heterocycles. The summed E-state index contributed by atoms with van der Waals surface area (Å²) in [6.45, 7) is 4.91. The Balaban J connectivity index is 1.15. The van der Waals surface area contributed by atoms with Gasteiger partial charge in [-0.05, 0) is 47.9 Å². The maximum atomic E-state index is 13.0. The van der Waals surface area contributed by atoms with Crippen molar-refractivity contribution < 1.29 is 24.2 Å². The Kier molecular flexibility index (Phi) is 5.15. The van der Waals surface area contributed by atoms with Gasteiger partial charge in [0.2, 0.25) is 5.91 Å². The molecule has 1 aliphatic heterocycles. The number of piperidine rings is 1. The van der Waals surface area contributed by atoms with Gasteiger partial charge in [-0.15, -0.1) is 0 Å². The molecule has 0 bridgehead atoms. The molecule has 1 heterocycles. The first-order chi connectivity index (χ1) is 15.8. The predicted molar refractivity (Wildman–Crippen MR) is 122 cm³/mol. The number of benzene rings is 2. The molecule has 3 aliphatic rings. The normalized spacial score (nSPS) is 22.8. The van der Waals surface area contributed by atoms with Gasteiger partial charge in [0.25, 0.3) is 0 Å². The molecule has 2 amide bonds. The SMILES string of the molecule is CC(C)(CNC(=O)OCC1c2ccccc2-c2ccccc21)C(=O)N1CC2C(C1)C2C(=O)O. The Labute approximate surface area is 192 Å². The third kappa shape index (κ3) is 3.75. The summed E-state index contributed by atoms with van der Waals surface area (Å²) in [5.41, 5.74) is 3.83. The van der Waals surface area contributed by atoms with E-state index in [9.17, 15) is 14.4 Å². The number of carbonyl (C=O) groups excluding carboxylic acids is 2. The summed E-state index contributed by atoms with van der Waals surface area (Å²) in [7, 11) is 0. The van der Waals surface area contributed by atoms with E-state index in [1.54, 1.807) is 18.7 Å². The molecular weight excluding hydrogens is 420 g/mol. The standard InChI is InChI=1S/C26H28N2O5/c1-26(2,24(31)28-11-19-20(12-28)22(19)23(29)30)14-27-25(32)33-13-21-17-9-5-3-7-15(17)16-8-4-6-10-18(16)21/h3-10,19-22H,11-14H2,1-2H3,(H,27,32)(H,29,30). The summed E-state index contributed by atoms with van der Waals surface area (Å²) in [5.74, 6) is -1.03. The Morgan fingerprint density at radius 2 is 1.55 bits per heavy atom. The first kappa shape index (κ1) is 21.5. The number of nitrogens with zero attached hydrogens (tertiary/aromatic N) is 1. The lowest BCUT2D eigenvalue weighted by atomic mass is 9.91. The number of hydrogen-bond acceptors (Lipinski definition) is 4. The summed E-state index contributed by atoms with van der Waals surface area (Å²) in [6.07, 6.45) is -0.548. The summed E-state index contributed by atoms with van der Waals surface area (Å²) < 4.78 is 5.56. The Bertz CT molecular complexity index is 1070. The molecule has 2 aromatic rings. The van der Waals surface area contributed by atoms with Crippen LogP contribution in [0, 0.1) is 23.2 Å². The average Bonchev–Trinajstić information content (AvgIpc) is 3.16. The summed E-state index contributed by atoms with van der Waals surface area (Å²) in [4.78, 5) is 38.3. The highest BCUT2D eigenvalue weighted by atomic mass is 16.5. The van der Waals surface area contributed by atoms with Crippen molar-refractivity contribution in [3.05, 3.63) is 59.7 Å². The lowest BCUT2D eigenvalue weighted by molar-refractivity contribution is -0.143. The van der Waals surface area contributed by atoms with Gasteiger partial charge in [-0.25, -0.2) is 4.79 Å². The topological polar surface area (TPSA) is 95.9 Å². The van der Waals surface area contributed by atoms with Crippen LogP contribution in [0.25, 0.3) is 11.1 Å². The highest BCUT2D eigenvalue weighted by Gasteiger charge is 2.61. The lowest BCUT2D eigenvalue weighted by Gasteiger charge is -2.30. The van der Waals surface area contributed by atoms with Crippen LogP contribution in [0.15, 0.2) is 48.5 Å². The lowest BCUT2D eigenvalue weighted by Crippen LogP contribution is -2.47. The molecule has 0 spiro atoms. The summed E-state index contributed by atoms with van der Waals surface area (Å²) >= 11 is 0. The molecule has 0 aromatic heterocycles. The van der Waals surface area contributed by atoms with Crippen molar-refractivity contribution in [3.63, 3.8) is 0 Å². The second kappa shape index (κ2) is 7.90. The number of hydrogen-bond donors (Lipinski definition) is 2. The minimum atomic E-state index is -0.804. The highest BCUT2D eigenvalue weighted by Crippen LogP contribution is 2.52. The Morgan fingerprint density at radius 3 is 2.09 bits per heavy atom. The molecule has 0 radical (unpaired) electrons. The summed E-state index contributed by atoms with van der Waals surface area (Å²) in [6, 6.07) is 16.3. The molecule has 2 unspecified atom stereocenters. The third-order valence-corrected chi connectivity index (χ3v) is 7.36. The van der Waals surface area contributed by atoms with E-state index in [-0.39, 0.29) is 42.7 Å². The average molecular weight is 449 g/mol. The van der Waals surface area contributed by atoms with Gasteiger partial charge >= 0.3 is 12.1 Å². The second-order valence-electron chi connectivity index (χ2n) is 9.96. The fraction of sp³-hybridized carbons (Fsp3) is 0.423. The van der Waals surface area contributed by atoms with Crippen molar-refractivity contribution in [2.75, 3.05) is 26.2 Å². The van der Waals surface area contributed by atoms with Crippen LogP contribution in [0.4, 0.5) is 4.79 Å². The minimum Gasteiger partial charge on any atom is -0.481 e. The van der Waals surface area contributed by atoms with E-state index >= 15 is 0 Å². The number of likely N-dealkylation sites (tertiary alicyclic amines) is 1. The van der Waals surface area contributed by atoms with Crippen LogP contribution < -0.4 is 5.32 Å². The highest BCUT2D eigenvalue weighted by molar-refractivity contribution is 5.84. The number of amides is 2. The number of alkyl carbamates (subject to hydrolysis) is 1. The van der Waals surface area contributed by atoms with E-state index in [2.05, 4.69) is 29.6 Å². The maximum absolute atomic E-state index is 13.0. The first-order valence-corrected chi connectivity index (χ1v) is 11.4. The van der Waals surface area contributed by atoms with Gasteiger partial charge < -0.3 is 20.1 Å². The third-order valence-electron chi connectivity index (χ3n) is 7.36. The summed E-state index contributed by atoms with van der Waals surface area (Å²) in [5, 5.41) is 11.9. The number of aliphatic carboxylic acids is 1. The monoisotopic (exact) mass is 448 g/mol. The quantitative estimate of drug-likeness (QED) is 0.707. The van der Waals surface area contributed by atoms with Crippen molar-refractivity contribution >= 4 is 18.0 Å². The van der Waals surface area contributed by atoms with Gasteiger partial charge in [-0.1, -0.05) is 48.5 Å². The fourth-order valence-corrected chi connectivity index (χ4v) is 5.50. The molecule has 2 fully saturated rings. The molecule has 172 valence electrons. The molecule has 2 N–H and O–H groups in total.